The lowest BCUT2D eigenvalue weighted by molar-refractivity contribution is 1.17. The van der Waals surface area contributed by atoms with Crippen LogP contribution in [0.4, 0.5) is 0 Å². The summed E-state index contributed by atoms with van der Waals surface area (Å²) in [6.45, 7) is 1.57. The van der Waals surface area contributed by atoms with Gasteiger partial charge in [-0.3, -0.25) is 5.41 Å². The fourth-order valence-corrected chi connectivity index (χ4v) is 0.242. The maximum atomic E-state index is 6.61. The first-order valence-corrected chi connectivity index (χ1v) is 3.07. The Hall–Kier alpha value is -0.610. The van der Waals surface area contributed by atoms with Gasteiger partial charge in [0, 0.05) is 5.70 Å². The summed E-state index contributed by atoms with van der Waals surface area (Å²) in [4.78, 5) is 0. The van der Waals surface area contributed by atoms with Crippen molar-refractivity contribution >= 4 is 28.5 Å². The van der Waals surface area contributed by atoms with E-state index < -0.39 is 5.29 Å². The third-order valence-electron chi connectivity index (χ3n) is 0.551. The molecule has 0 rings (SSSR count). The molecule has 10 heavy (non-hydrogen) atoms. The monoisotopic (exact) mass is 180 g/mol. The lowest BCUT2D eigenvalue weighted by atomic mass is 10.6. The standard InChI is InChI=1S/C4H6Cl2N4/c1-2(7)3(5)9-10-4(6)8/h8H,7H2,1H3/b3-2+,8-4?,10-9-. The van der Waals surface area contributed by atoms with Crippen LogP contribution in [0.25, 0.3) is 0 Å². The van der Waals surface area contributed by atoms with Gasteiger partial charge in [-0.15, -0.1) is 10.2 Å². The molecule has 4 nitrogen and oxygen atoms in total. The zero-order chi connectivity index (χ0) is 8.15. The Morgan fingerprint density at radius 1 is 1.40 bits per heavy atom. The summed E-state index contributed by atoms with van der Waals surface area (Å²) in [5.74, 6) is 0. The quantitative estimate of drug-likeness (QED) is 0.276. The summed E-state index contributed by atoms with van der Waals surface area (Å²) >= 11 is 10.4. The van der Waals surface area contributed by atoms with E-state index in [1.807, 2.05) is 0 Å². The number of amidine groups is 1. The van der Waals surface area contributed by atoms with Crippen LogP contribution in [0.2, 0.25) is 0 Å². The van der Waals surface area contributed by atoms with Crippen molar-refractivity contribution < 1.29 is 0 Å². The number of rotatable bonds is 1. The molecule has 0 heterocycles. The van der Waals surface area contributed by atoms with Crippen LogP contribution in [0.15, 0.2) is 21.1 Å². The van der Waals surface area contributed by atoms with E-state index in [2.05, 4.69) is 10.2 Å². The van der Waals surface area contributed by atoms with Gasteiger partial charge in [-0.05, 0) is 18.5 Å². The molecule has 0 aromatic rings. The SMILES string of the molecule is C/C(N)=C(Cl)\N=N/C(=N)Cl. The predicted octanol–water partition coefficient (Wildman–Crippen LogP) is 2.00. The van der Waals surface area contributed by atoms with Gasteiger partial charge in [-0.1, -0.05) is 11.6 Å². The molecule has 0 atom stereocenters. The molecule has 0 aromatic carbocycles. The summed E-state index contributed by atoms with van der Waals surface area (Å²) in [7, 11) is 0. The van der Waals surface area contributed by atoms with Crippen LogP contribution in [-0.2, 0) is 0 Å². The van der Waals surface area contributed by atoms with Gasteiger partial charge in [0.25, 0.3) is 0 Å². The smallest absolute Gasteiger partial charge is 0.235 e. The van der Waals surface area contributed by atoms with Crippen LogP contribution < -0.4 is 5.73 Å². The minimum Gasteiger partial charge on any atom is -0.400 e. The van der Waals surface area contributed by atoms with Gasteiger partial charge < -0.3 is 5.73 Å². The molecule has 0 aromatic heterocycles. The Labute approximate surface area is 68.2 Å². The number of halogens is 2. The van der Waals surface area contributed by atoms with Crippen molar-refractivity contribution in [3.8, 4) is 0 Å². The molecule has 0 saturated carbocycles. The van der Waals surface area contributed by atoms with Crippen LogP contribution in [0.3, 0.4) is 0 Å². The minimum absolute atomic E-state index is 0.0467. The van der Waals surface area contributed by atoms with Crippen LogP contribution in [0, 0.1) is 5.41 Å². The first-order chi connectivity index (χ1) is 4.54. The second-order valence-corrected chi connectivity index (χ2v) is 2.18. The van der Waals surface area contributed by atoms with Crippen LogP contribution in [0.5, 0.6) is 0 Å². The highest BCUT2D eigenvalue weighted by Gasteiger charge is 1.91. The van der Waals surface area contributed by atoms with E-state index in [0.29, 0.717) is 5.70 Å². The molecule has 0 aliphatic rings. The van der Waals surface area contributed by atoms with Crippen molar-refractivity contribution in [2.24, 2.45) is 16.0 Å². The topological polar surface area (TPSA) is 74.6 Å². The molecule has 0 fully saturated rings. The molecule has 0 aliphatic carbocycles. The fourth-order valence-electron chi connectivity index (χ4n) is 0.167. The van der Waals surface area contributed by atoms with Crippen molar-refractivity contribution in [2.75, 3.05) is 0 Å². The number of hydrogen-bond donors (Lipinski definition) is 2. The maximum absolute atomic E-state index is 6.61. The molecular weight excluding hydrogens is 175 g/mol. The number of nitrogens with zero attached hydrogens (tertiary/aromatic N) is 2. The summed E-state index contributed by atoms with van der Waals surface area (Å²) in [6.07, 6.45) is 0. The molecule has 0 spiro atoms. The Morgan fingerprint density at radius 2 is 1.90 bits per heavy atom. The molecular formula is C4H6Cl2N4. The second kappa shape index (κ2) is 4.24. The summed E-state index contributed by atoms with van der Waals surface area (Å²) in [6, 6.07) is 0. The number of nitrogens with one attached hydrogen (secondary N) is 1. The molecule has 0 radical (unpaired) electrons. The van der Waals surface area contributed by atoms with Gasteiger partial charge in [-0.25, -0.2) is 0 Å². The molecule has 6 heteroatoms. The summed E-state index contributed by atoms with van der Waals surface area (Å²) in [5, 5.41) is 12.7. The highest BCUT2D eigenvalue weighted by molar-refractivity contribution is 6.64. The van der Waals surface area contributed by atoms with Gasteiger partial charge >= 0.3 is 0 Å². The Kier molecular flexibility index (Phi) is 3.99. The molecule has 56 valence electrons. The summed E-state index contributed by atoms with van der Waals surface area (Å²) < 4.78 is 0. The van der Waals surface area contributed by atoms with Gasteiger partial charge in [0.2, 0.25) is 5.29 Å². The summed E-state index contributed by atoms with van der Waals surface area (Å²) in [5.41, 5.74) is 5.54. The molecule has 0 amide bonds. The zero-order valence-corrected chi connectivity index (χ0v) is 6.74. The predicted molar refractivity (Wildman–Crippen MR) is 41.2 cm³/mol. The van der Waals surface area contributed by atoms with Gasteiger partial charge in [-0.2, -0.15) is 0 Å². The third kappa shape index (κ3) is 4.29. The largest absolute Gasteiger partial charge is 0.400 e. The number of nitrogens with two attached hydrogens (primary N) is 1. The van der Waals surface area contributed by atoms with Crippen molar-refractivity contribution in [1.82, 2.24) is 0 Å². The Balaban J connectivity index is 4.16. The average molecular weight is 181 g/mol. The van der Waals surface area contributed by atoms with E-state index in [-0.39, 0.29) is 5.16 Å². The second-order valence-electron chi connectivity index (χ2n) is 1.46. The van der Waals surface area contributed by atoms with E-state index in [1.54, 1.807) is 6.92 Å². The van der Waals surface area contributed by atoms with Gasteiger partial charge in [0.1, 0.15) is 0 Å². The first-order valence-electron chi connectivity index (χ1n) is 2.31. The zero-order valence-electron chi connectivity index (χ0n) is 5.23. The molecule has 0 saturated heterocycles. The highest BCUT2D eigenvalue weighted by atomic mass is 35.5. The van der Waals surface area contributed by atoms with Crippen molar-refractivity contribution in [3.63, 3.8) is 0 Å². The third-order valence-corrected chi connectivity index (χ3v) is 1.00. The molecule has 3 N–H and O–H groups in total. The van der Waals surface area contributed by atoms with E-state index in [4.69, 9.17) is 34.3 Å². The highest BCUT2D eigenvalue weighted by Crippen LogP contribution is 2.06. The maximum Gasteiger partial charge on any atom is 0.235 e. The van der Waals surface area contributed by atoms with Gasteiger partial charge in [0.15, 0.2) is 5.16 Å². The average Bonchev–Trinajstić information content (AvgIpc) is 1.82. The van der Waals surface area contributed by atoms with Crippen molar-refractivity contribution in [3.05, 3.63) is 10.9 Å². The number of allylic oxidation sites excluding steroid dienone is 1. The first kappa shape index (κ1) is 9.39. The lowest BCUT2D eigenvalue weighted by Gasteiger charge is -1.88. The number of azo groups is 1. The minimum atomic E-state index is -0.431. The Morgan fingerprint density at radius 3 is 2.20 bits per heavy atom. The van der Waals surface area contributed by atoms with Crippen LogP contribution in [0.1, 0.15) is 6.92 Å². The van der Waals surface area contributed by atoms with Crippen LogP contribution in [-0.4, -0.2) is 5.29 Å². The number of hydrogen-bond acceptors (Lipinski definition) is 3. The Bertz CT molecular complexity index is 191. The molecule has 0 aliphatic heterocycles. The molecule has 0 bridgehead atoms. The van der Waals surface area contributed by atoms with Crippen molar-refractivity contribution in [2.45, 2.75) is 6.92 Å². The van der Waals surface area contributed by atoms with Crippen LogP contribution >= 0.6 is 23.2 Å². The van der Waals surface area contributed by atoms with E-state index in [0.717, 1.165) is 0 Å². The van der Waals surface area contributed by atoms with E-state index in [1.165, 1.54) is 0 Å². The lowest BCUT2D eigenvalue weighted by Crippen LogP contribution is -1.91. The fraction of sp³-hybridized carbons (Fsp3) is 0.250. The van der Waals surface area contributed by atoms with E-state index in [9.17, 15) is 0 Å². The molecule has 0 unspecified atom stereocenters. The van der Waals surface area contributed by atoms with Crippen molar-refractivity contribution in [1.29, 1.82) is 5.41 Å². The van der Waals surface area contributed by atoms with Gasteiger partial charge in [0.05, 0.1) is 0 Å². The normalized spacial score (nSPS) is 13.5. The van der Waals surface area contributed by atoms with E-state index >= 15 is 0 Å².